The van der Waals surface area contributed by atoms with Gasteiger partial charge in [-0.25, -0.2) is 0 Å². The van der Waals surface area contributed by atoms with Gasteiger partial charge in [-0.1, -0.05) is 16.8 Å². The monoisotopic (exact) mass is 328 g/mol. The highest BCUT2D eigenvalue weighted by Crippen LogP contribution is 2.26. The zero-order valence-corrected chi connectivity index (χ0v) is 12.8. The van der Waals surface area contributed by atoms with Crippen molar-refractivity contribution < 1.29 is 14.2 Å². The van der Waals surface area contributed by atoms with E-state index >= 15 is 0 Å². The molecule has 2 aromatic rings. The smallest absolute Gasteiger partial charge is 0.358 e. The first kappa shape index (κ1) is 15.9. The van der Waals surface area contributed by atoms with E-state index in [1.165, 1.54) is 4.68 Å². The molecule has 22 heavy (non-hydrogen) atoms. The summed E-state index contributed by atoms with van der Waals surface area (Å²) in [5.41, 5.74) is 0.395. The van der Waals surface area contributed by atoms with Crippen LogP contribution in [0.5, 0.6) is 0 Å². The van der Waals surface area contributed by atoms with Gasteiger partial charge in [0.2, 0.25) is 0 Å². The minimum Gasteiger partial charge on any atom is -0.358 e. The molecule has 0 saturated heterocycles. The third-order valence-corrected chi connectivity index (χ3v) is 3.11. The van der Waals surface area contributed by atoms with E-state index in [0.29, 0.717) is 5.69 Å². The number of amides is 1. The molecule has 1 N–H and O–H groups in total. The third-order valence-electron chi connectivity index (χ3n) is 2.66. The highest BCUT2D eigenvalue weighted by molar-refractivity contribution is 6.33. The zero-order valence-electron chi connectivity index (χ0n) is 12.0. The molecule has 118 valence electrons. The van der Waals surface area contributed by atoms with Crippen LogP contribution in [0.4, 0.5) is 5.82 Å². The number of nitrogens with one attached hydrogen (secondary N) is 1. The lowest BCUT2D eigenvalue weighted by Gasteiger charge is -2.03. The van der Waals surface area contributed by atoms with E-state index in [9.17, 15) is 14.9 Å². The fourth-order valence-electron chi connectivity index (χ4n) is 1.65. The molecule has 0 aromatic carbocycles. The Bertz CT molecular complexity index is 722. The molecule has 0 aliphatic heterocycles. The molecule has 2 rings (SSSR count). The van der Waals surface area contributed by atoms with Crippen molar-refractivity contribution in [3.8, 4) is 0 Å². The summed E-state index contributed by atoms with van der Waals surface area (Å²) in [5, 5.41) is 20.8. The Kier molecular flexibility index (Phi) is 4.40. The van der Waals surface area contributed by atoms with Gasteiger partial charge in [0.1, 0.15) is 6.54 Å². The van der Waals surface area contributed by atoms with E-state index in [2.05, 4.69) is 20.6 Å². The molecule has 0 unspecified atom stereocenters. The predicted molar refractivity (Wildman–Crippen MR) is 74.6 cm³/mol. The SMILES string of the molecule is Cc1c(Cl)c([N+](=O)[O-])nn1Cc1noc(C(=O)NC(C)C)n1. The van der Waals surface area contributed by atoms with Gasteiger partial charge in [-0.3, -0.25) is 4.79 Å². The van der Waals surface area contributed by atoms with Gasteiger partial charge in [-0.05, 0) is 25.7 Å². The molecule has 0 aliphatic carbocycles. The summed E-state index contributed by atoms with van der Waals surface area (Å²) in [6.45, 7) is 5.17. The summed E-state index contributed by atoms with van der Waals surface area (Å²) in [5.74, 6) is -0.962. The van der Waals surface area contributed by atoms with Gasteiger partial charge in [0.25, 0.3) is 0 Å². The van der Waals surface area contributed by atoms with Crippen LogP contribution in [-0.4, -0.2) is 36.8 Å². The van der Waals surface area contributed by atoms with E-state index in [0.717, 1.165) is 0 Å². The van der Waals surface area contributed by atoms with Gasteiger partial charge in [0, 0.05) is 6.04 Å². The van der Waals surface area contributed by atoms with Crippen LogP contribution in [0.1, 0.15) is 36.1 Å². The minimum absolute atomic E-state index is 0.00213. The van der Waals surface area contributed by atoms with Crippen LogP contribution in [0.15, 0.2) is 4.52 Å². The van der Waals surface area contributed by atoms with E-state index in [1.54, 1.807) is 20.8 Å². The van der Waals surface area contributed by atoms with Crippen molar-refractivity contribution in [2.24, 2.45) is 0 Å². The lowest BCUT2D eigenvalue weighted by Crippen LogP contribution is -2.30. The number of aromatic nitrogens is 4. The molecule has 0 aliphatic rings. The average molecular weight is 329 g/mol. The number of carbonyl (C=O) groups is 1. The molecule has 0 radical (unpaired) electrons. The molecule has 11 heteroatoms. The van der Waals surface area contributed by atoms with Crippen molar-refractivity contribution in [3.63, 3.8) is 0 Å². The van der Waals surface area contributed by atoms with Crippen molar-refractivity contribution in [1.29, 1.82) is 0 Å². The first-order valence-corrected chi connectivity index (χ1v) is 6.68. The first-order chi connectivity index (χ1) is 10.3. The standard InChI is InChI=1S/C11H13ClN6O4/c1-5(2)13-10(19)11-14-7(16-22-11)4-17-6(3)8(12)9(15-17)18(20)21/h5H,4H2,1-3H3,(H,13,19). The Morgan fingerprint density at radius 2 is 2.23 bits per heavy atom. The molecule has 0 atom stereocenters. The number of halogens is 1. The van der Waals surface area contributed by atoms with Gasteiger partial charge >= 0.3 is 17.6 Å². The maximum absolute atomic E-state index is 11.7. The zero-order chi connectivity index (χ0) is 16.4. The summed E-state index contributed by atoms with van der Waals surface area (Å²) in [7, 11) is 0. The Balaban J connectivity index is 2.19. The van der Waals surface area contributed by atoms with Crippen LogP contribution >= 0.6 is 11.6 Å². The van der Waals surface area contributed by atoms with Crippen LogP contribution < -0.4 is 5.32 Å². The van der Waals surface area contributed by atoms with Crippen LogP contribution in [0.2, 0.25) is 5.02 Å². The van der Waals surface area contributed by atoms with Crippen LogP contribution in [-0.2, 0) is 6.54 Å². The maximum Gasteiger partial charge on any atom is 0.408 e. The number of hydrogen-bond acceptors (Lipinski definition) is 7. The number of rotatable bonds is 5. The quantitative estimate of drug-likeness (QED) is 0.647. The first-order valence-electron chi connectivity index (χ1n) is 6.30. The molecular weight excluding hydrogens is 316 g/mol. The summed E-state index contributed by atoms with van der Waals surface area (Å²) in [6, 6.07) is -0.0716. The Morgan fingerprint density at radius 1 is 1.55 bits per heavy atom. The highest BCUT2D eigenvalue weighted by atomic mass is 35.5. The Labute approximate surface area is 129 Å². The lowest BCUT2D eigenvalue weighted by molar-refractivity contribution is -0.389. The second kappa shape index (κ2) is 6.10. The summed E-state index contributed by atoms with van der Waals surface area (Å²) in [6.07, 6.45) is 0. The lowest BCUT2D eigenvalue weighted by atomic mass is 10.4. The van der Waals surface area contributed by atoms with Gasteiger partial charge in [0.05, 0.1) is 10.8 Å². The molecule has 2 aromatic heterocycles. The van der Waals surface area contributed by atoms with E-state index < -0.39 is 16.6 Å². The van der Waals surface area contributed by atoms with Crippen LogP contribution in [0.25, 0.3) is 0 Å². The van der Waals surface area contributed by atoms with E-state index in [-0.39, 0.29) is 29.3 Å². The van der Waals surface area contributed by atoms with Crippen LogP contribution in [0, 0.1) is 17.0 Å². The topological polar surface area (TPSA) is 129 Å². The van der Waals surface area contributed by atoms with Crippen molar-refractivity contribution in [2.75, 3.05) is 0 Å². The van der Waals surface area contributed by atoms with Crippen molar-refractivity contribution >= 4 is 23.3 Å². The van der Waals surface area contributed by atoms with Gasteiger partial charge in [0.15, 0.2) is 10.8 Å². The molecule has 0 fully saturated rings. The number of nitro groups is 1. The molecule has 0 spiro atoms. The fraction of sp³-hybridized carbons (Fsp3) is 0.455. The van der Waals surface area contributed by atoms with Gasteiger partial charge < -0.3 is 20.0 Å². The largest absolute Gasteiger partial charge is 0.408 e. The maximum atomic E-state index is 11.7. The summed E-state index contributed by atoms with van der Waals surface area (Å²) < 4.78 is 6.12. The molecule has 10 nitrogen and oxygen atoms in total. The summed E-state index contributed by atoms with van der Waals surface area (Å²) >= 11 is 5.83. The molecule has 2 heterocycles. The molecule has 0 saturated carbocycles. The summed E-state index contributed by atoms with van der Waals surface area (Å²) in [4.78, 5) is 25.7. The van der Waals surface area contributed by atoms with Crippen molar-refractivity contribution in [1.82, 2.24) is 25.2 Å². The number of nitrogens with zero attached hydrogens (tertiary/aromatic N) is 5. The highest BCUT2D eigenvalue weighted by Gasteiger charge is 2.25. The van der Waals surface area contributed by atoms with Gasteiger partial charge in [-0.2, -0.15) is 9.67 Å². The number of hydrogen-bond donors (Lipinski definition) is 1. The fourth-order valence-corrected chi connectivity index (χ4v) is 1.85. The second-order valence-electron chi connectivity index (χ2n) is 4.78. The van der Waals surface area contributed by atoms with Crippen LogP contribution in [0.3, 0.4) is 0 Å². The third kappa shape index (κ3) is 3.22. The normalized spacial score (nSPS) is 11.0. The molecular formula is C11H13ClN6O4. The second-order valence-corrected chi connectivity index (χ2v) is 5.16. The van der Waals surface area contributed by atoms with Crippen molar-refractivity contribution in [3.05, 3.63) is 32.5 Å². The van der Waals surface area contributed by atoms with E-state index in [1.807, 2.05) is 0 Å². The van der Waals surface area contributed by atoms with Crippen molar-refractivity contribution in [2.45, 2.75) is 33.4 Å². The average Bonchev–Trinajstić information content (AvgIpc) is 2.98. The molecule has 1 amide bonds. The Hall–Kier alpha value is -2.49. The van der Waals surface area contributed by atoms with E-state index in [4.69, 9.17) is 16.1 Å². The predicted octanol–water partition coefficient (Wildman–Crippen LogP) is 1.32. The minimum atomic E-state index is -0.677. The Morgan fingerprint density at radius 3 is 2.77 bits per heavy atom. The van der Waals surface area contributed by atoms with Gasteiger partial charge in [-0.15, -0.1) is 0 Å². The molecule has 0 bridgehead atoms. The number of carbonyl (C=O) groups excluding carboxylic acids is 1.